The maximum absolute atomic E-state index is 5.65. The molecular formula is C13H11BrN4. The third-order valence-electron chi connectivity index (χ3n) is 2.89. The lowest BCUT2D eigenvalue weighted by atomic mass is 10.1. The molecule has 0 saturated carbocycles. The van der Waals surface area contributed by atoms with Crippen LogP contribution in [0.1, 0.15) is 5.56 Å². The number of imidazole rings is 1. The summed E-state index contributed by atoms with van der Waals surface area (Å²) in [6, 6.07) is 9.68. The maximum atomic E-state index is 5.65. The number of nitrogen functional groups attached to an aromatic ring is 1. The molecule has 3 rings (SSSR count). The van der Waals surface area contributed by atoms with E-state index in [0.717, 1.165) is 26.9 Å². The molecular weight excluding hydrogens is 292 g/mol. The fourth-order valence-corrected chi connectivity index (χ4v) is 2.26. The van der Waals surface area contributed by atoms with E-state index in [1.807, 2.05) is 31.2 Å². The van der Waals surface area contributed by atoms with Gasteiger partial charge < -0.3 is 10.7 Å². The molecule has 1 aromatic carbocycles. The minimum atomic E-state index is 0.478. The number of fused-ring (bicyclic) bond motifs is 1. The van der Waals surface area contributed by atoms with Gasteiger partial charge in [0, 0.05) is 10.0 Å². The fraction of sp³-hybridized carbons (Fsp3) is 0.0769. The Morgan fingerprint density at radius 1 is 1.17 bits per heavy atom. The average Bonchev–Trinajstić information content (AvgIpc) is 2.75. The second-order valence-electron chi connectivity index (χ2n) is 4.11. The lowest BCUT2D eigenvalue weighted by molar-refractivity contribution is 1.28. The van der Waals surface area contributed by atoms with E-state index < -0.39 is 0 Å². The van der Waals surface area contributed by atoms with E-state index in [9.17, 15) is 0 Å². The van der Waals surface area contributed by atoms with Crippen LogP contribution in [-0.4, -0.2) is 15.0 Å². The third kappa shape index (κ3) is 1.76. The molecule has 5 heteroatoms. The first-order valence-corrected chi connectivity index (χ1v) is 6.32. The molecule has 3 aromatic rings. The summed E-state index contributed by atoms with van der Waals surface area (Å²) in [6.45, 7) is 2.05. The van der Waals surface area contributed by atoms with Crippen LogP contribution in [0.5, 0.6) is 0 Å². The van der Waals surface area contributed by atoms with Crippen molar-refractivity contribution in [2.24, 2.45) is 0 Å². The molecule has 0 aliphatic heterocycles. The SMILES string of the molecule is Cc1c(Br)cccc1-c1nc2nc(N)ccc2[nH]1. The summed E-state index contributed by atoms with van der Waals surface area (Å²) in [5.41, 5.74) is 9.38. The van der Waals surface area contributed by atoms with Crippen LogP contribution in [0.4, 0.5) is 5.82 Å². The number of hydrogen-bond acceptors (Lipinski definition) is 3. The number of hydrogen-bond donors (Lipinski definition) is 2. The Hall–Kier alpha value is -1.88. The first-order valence-electron chi connectivity index (χ1n) is 5.53. The summed E-state index contributed by atoms with van der Waals surface area (Å²) in [4.78, 5) is 11.9. The van der Waals surface area contributed by atoms with Crippen molar-refractivity contribution in [2.75, 3.05) is 5.73 Å². The van der Waals surface area contributed by atoms with Crippen molar-refractivity contribution in [3.8, 4) is 11.4 Å². The minimum Gasteiger partial charge on any atom is -0.384 e. The molecule has 90 valence electrons. The summed E-state index contributed by atoms with van der Waals surface area (Å²) in [5, 5.41) is 0. The number of nitrogens with one attached hydrogen (secondary N) is 1. The van der Waals surface area contributed by atoms with Gasteiger partial charge in [-0.25, -0.2) is 9.97 Å². The predicted octanol–water partition coefficient (Wildman–Crippen LogP) is 3.28. The Labute approximate surface area is 112 Å². The van der Waals surface area contributed by atoms with E-state index in [-0.39, 0.29) is 0 Å². The van der Waals surface area contributed by atoms with Crippen molar-refractivity contribution in [1.82, 2.24) is 15.0 Å². The quantitative estimate of drug-likeness (QED) is 0.725. The molecule has 0 saturated heterocycles. The summed E-state index contributed by atoms with van der Waals surface area (Å²) < 4.78 is 1.06. The van der Waals surface area contributed by atoms with E-state index in [4.69, 9.17) is 5.73 Å². The van der Waals surface area contributed by atoms with Crippen molar-refractivity contribution < 1.29 is 0 Å². The second-order valence-corrected chi connectivity index (χ2v) is 4.96. The Balaban J connectivity index is 2.22. The van der Waals surface area contributed by atoms with Crippen LogP contribution < -0.4 is 5.73 Å². The van der Waals surface area contributed by atoms with Gasteiger partial charge in [0.05, 0.1) is 5.52 Å². The summed E-state index contributed by atoms with van der Waals surface area (Å²) in [7, 11) is 0. The van der Waals surface area contributed by atoms with Crippen LogP contribution >= 0.6 is 15.9 Å². The molecule has 0 aliphatic rings. The van der Waals surface area contributed by atoms with Crippen molar-refractivity contribution >= 4 is 32.9 Å². The number of nitrogens with two attached hydrogens (primary N) is 1. The smallest absolute Gasteiger partial charge is 0.180 e. The molecule has 0 aliphatic carbocycles. The van der Waals surface area contributed by atoms with Gasteiger partial charge in [-0.15, -0.1) is 0 Å². The molecule has 2 heterocycles. The van der Waals surface area contributed by atoms with Crippen LogP contribution in [0.15, 0.2) is 34.8 Å². The van der Waals surface area contributed by atoms with Gasteiger partial charge >= 0.3 is 0 Å². The van der Waals surface area contributed by atoms with Crippen LogP contribution in [0.3, 0.4) is 0 Å². The topological polar surface area (TPSA) is 67.6 Å². The van der Waals surface area contributed by atoms with Gasteiger partial charge in [0.1, 0.15) is 11.6 Å². The lowest BCUT2D eigenvalue weighted by Gasteiger charge is -2.03. The Morgan fingerprint density at radius 3 is 2.83 bits per heavy atom. The number of aromatic amines is 1. The molecule has 4 nitrogen and oxygen atoms in total. The molecule has 18 heavy (non-hydrogen) atoms. The summed E-state index contributed by atoms with van der Waals surface area (Å²) in [6.07, 6.45) is 0. The van der Waals surface area contributed by atoms with Crippen molar-refractivity contribution in [2.45, 2.75) is 6.92 Å². The second kappa shape index (κ2) is 4.10. The Kier molecular flexibility index (Phi) is 2.56. The molecule has 0 bridgehead atoms. The van der Waals surface area contributed by atoms with Crippen LogP contribution in [0.25, 0.3) is 22.6 Å². The van der Waals surface area contributed by atoms with Crippen molar-refractivity contribution in [3.05, 3.63) is 40.4 Å². The van der Waals surface area contributed by atoms with E-state index in [1.54, 1.807) is 6.07 Å². The first kappa shape index (κ1) is 11.2. The molecule has 0 unspecified atom stereocenters. The minimum absolute atomic E-state index is 0.478. The predicted molar refractivity (Wildman–Crippen MR) is 76.2 cm³/mol. The molecule has 0 fully saturated rings. The van der Waals surface area contributed by atoms with Gasteiger partial charge in [-0.2, -0.15) is 0 Å². The zero-order valence-corrected chi connectivity index (χ0v) is 11.3. The monoisotopic (exact) mass is 302 g/mol. The van der Waals surface area contributed by atoms with Crippen molar-refractivity contribution in [1.29, 1.82) is 0 Å². The molecule has 0 radical (unpaired) electrons. The summed E-state index contributed by atoms with van der Waals surface area (Å²) in [5.74, 6) is 1.29. The molecule has 3 N–H and O–H groups in total. The largest absolute Gasteiger partial charge is 0.384 e. The van der Waals surface area contributed by atoms with Gasteiger partial charge in [-0.05, 0) is 30.7 Å². The molecule has 0 amide bonds. The zero-order valence-electron chi connectivity index (χ0n) is 9.74. The highest BCUT2D eigenvalue weighted by atomic mass is 79.9. The highest BCUT2D eigenvalue weighted by molar-refractivity contribution is 9.10. The number of rotatable bonds is 1. The zero-order chi connectivity index (χ0) is 12.7. The maximum Gasteiger partial charge on any atom is 0.180 e. The van der Waals surface area contributed by atoms with Gasteiger partial charge in [-0.1, -0.05) is 28.1 Å². The van der Waals surface area contributed by atoms with Gasteiger partial charge in [0.25, 0.3) is 0 Å². The number of aromatic nitrogens is 3. The van der Waals surface area contributed by atoms with E-state index in [0.29, 0.717) is 11.5 Å². The Morgan fingerprint density at radius 2 is 2.00 bits per heavy atom. The standard InChI is InChI=1S/C13H11BrN4/c1-7-8(3-2-4-9(7)14)12-16-10-5-6-11(15)17-13(10)18-12/h2-6H,1H3,(H3,15,16,17,18). The highest BCUT2D eigenvalue weighted by Gasteiger charge is 2.10. The van der Waals surface area contributed by atoms with E-state index in [2.05, 4.69) is 30.9 Å². The number of nitrogens with zero attached hydrogens (tertiary/aromatic N) is 2. The number of halogens is 1. The molecule has 0 spiro atoms. The van der Waals surface area contributed by atoms with E-state index >= 15 is 0 Å². The van der Waals surface area contributed by atoms with Crippen LogP contribution in [0, 0.1) is 6.92 Å². The summed E-state index contributed by atoms with van der Waals surface area (Å²) >= 11 is 3.52. The number of H-pyrrole nitrogens is 1. The van der Waals surface area contributed by atoms with Gasteiger partial charge in [0.2, 0.25) is 0 Å². The fourth-order valence-electron chi connectivity index (χ4n) is 1.90. The molecule has 2 aromatic heterocycles. The van der Waals surface area contributed by atoms with Gasteiger partial charge in [0.15, 0.2) is 5.65 Å². The van der Waals surface area contributed by atoms with Crippen LogP contribution in [0.2, 0.25) is 0 Å². The molecule has 0 atom stereocenters. The lowest BCUT2D eigenvalue weighted by Crippen LogP contribution is -1.88. The average molecular weight is 303 g/mol. The number of anilines is 1. The number of pyridine rings is 1. The normalized spacial score (nSPS) is 11.0. The third-order valence-corrected chi connectivity index (χ3v) is 3.75. The van der Waals surface area contributed by atoms with Crippen molar-refractivity contribution in [3.63, 3.8) is 0 Å². The Bertz CT molecular complexity index is 733. The van der Waals surface area contributed by atoms with Gasteiger partial charge in [-0.3, -0.25) is 0 Å². The van der Waals surface area contributed by atoms with E-state index in [1.165, 1.54) is 0 Å². The van der Waals surface area contributed by atoms with Crippen LogP contribution in [-0.2, 0) is 0 Å². The first-order chi connectivity index (χ1) is 8.65. The number of benzene rings is 1. The highest BCUT2D eigenvalue weighted by Crippen LogP contribution is 2.27.